The van der Waals surface area contributed by atoms with Gasteiger partial charge in [-0.05, 0) is 25.3 Å². The standard InChI is InChI=1S/C5H4O2.C5H10O/c6-5-3-1-2-4-7-5;1-2-4-6-5-3-1/h1-4H;1-5H2. The molecule has 1 aliphatic heterocycles. The summed E-state index contributed by atoms with van der Waals surface area (Å²) in [5.41, 5.74) is -0.303. The average Bonchev–Trinajstić information content (AvgIpc) is 2.22. The van der Waals surface area contributed by atoms with E-state index >= 15 is 0 Å². The largest absolute Gasteiger partial charge is 0.431 e. The van der Waals surface area contributed by atoms with Crippen molar-refractivity contribution in [3.8, 4) is 0 Å². The highest BCUT2D eigenvalue weighted by Gasteiger charge is 1.94. The minimum atomic E-state index is -0.303. The van der Waals surface area contributed by atoms with Crippen LogP contribution in [0.3, 0.4) is 0 Å². The third-order valence-electron chi connectivity index (χ3n) is 1.68. The van der Waals surface area contributed by atoms with Crippen LogP contribution in [0.15, 0.2) is 33.7 Å². The van der Waals surface area contributed by atoms with E-state index in [0.29, 0.717) is 0 Å². The molecule has 1 saturated heterocycles. The third-order valence-corrected chi connectivity index (χ3v) is 1.68. The SMILES string of the molecule is C1CCOCC1.O=c1cccco1. The molecule has 0 amide bonds. The lowest BCUT2D eigenvalue weighted by Crippen LogP contribution is -2.03. The molecule has 2 heterocycles. The van der Waals surface area contributed by atoms with Crippen molar-refractivity contribution >= 4 is 0 Å². The second-order valence-corrected chi connectivity index (χ2v) is 2.80. The Bertz CT molecular complexity index is 234. The van der Waals surface area contributed by atoms with Crippen LogP contribution >= 0.6 is 0 Å². The summed E-state index contributed by atoms with van der Waals surface area (Å²) in [6.45, 7) is 2.00. The van der Waals surface area contributed by atoms with Crippen molar-refractivity contribution in [2.75, 3.05) is 13.2 Å². The molecule has 0 N–H and O–H groups in total. The lowest BCUT2D eigenvalue weighted by atomic mass is 10.2. The van der Waals surface area contributed by atoms with Gasteiger partial charge in [0.2, 0.25) is 0 Å². The topological polar surface area (TPSA) is 39.4 Å². The molecule has 3 heteroatoms. The van der Waals surface area contributed by atoms with Gasteiger partial charge in [0, 0.05) is 19.3 Å². The van der Waals surface area contributed by atoms with Gasteiger partial charge >= 0.3 is 5.63 Å². The van der Waals surface area contributed by atoms with Crippen molar-refractivity contribution < 1.29 is 9.15 Å². The molecule has 0 aliphatic carbocycles. The predicted octanol–water partition coefficient (Wildman–Crippen LogP) is 1.83. The van der Waals surface area contributed by atoms with E-state index in [2.05, 4.69) is 4.42 Å². The number of ether oxygens (including phenoxy) is 1. The van der Waals surface area contributed by atoms with Gasteiger partial charge in [-0.2, -0.15) is 0 Å². The Labute approximate surface area is 77.3 Å². The predicted molar refractivity (Wildman–Crippen MR) is 49.6 cm³/mol. The lowest BCUT2D eigenvalue weighted by Gasteiger charge is -2.08. The summed E-state index contributed by atoms with van der Waals surface area (Å²) in [7, 11) is 0. The highest BCUT2D eigenvalue weighted by atomic mass is 16.5. The Hall–Kier alpha value is -1.09. The van der Waals surface area contributed by atoms with Crippen LogP contribution in [0.5, 0.6) is 0 Å². The minimum absolute atomic E-state index is 0.303. The molecule has 0 unspecified atom stereocenters. The van der Waals surface area contributed by atoms with Crippen LogP contribution in [0.2, 0.25) is 0 Å². The molecule has 0 spiro atoms. The van der Waals surface area contributed by atoms with Crippen LogP contribution in [-0.2, 0) is 4.74 Å². The summed E-state index contributed by atoms with van der Waals surface area (Å²) in [6.07, 6.45) is 5.28. The molecule has 3 nitrogen and oxygen atoms in total. The molecule has 1 aromatic rings. The zero-order chi connectivity index (χ0) is 9.36. The fraction of sp³-hybridized carbons (Fsp3) is 0.500. The molecule has 0 aromatic carbocycles. The van der Waals surface area contributed by atoms with Crippen LogP contribution < -0.4 is 5.63 Å². The fourth-order valence-corrected chi connectivity index (χ4v) is 1.01. The van der Waals surface area contributed by atoms with Crippen molar-refractivity contribution in [2.24, 2.45) is 0 Å². The highest BCUT2D eigenvalue weighted by Crippen LogP contribution is 2.02. The summed E-state index contributed by atoms with van der Waals surface area (Å²) < 4.78 is 9.44. The molecular formula is C10H14O3. The molecule has 72 valence electrons. The van der Waals surface area contributed by atoms with Gasteiger partial charge in [-0.15, -0.1) is 0 Å². The third kappa shape index (κ3) is 5.20. The van der Waals surface area contributed by atoms with Crippen LogP contribution in [0.25, 0.3) is 0 Å². The van der Waals surface area contributed by atoms with Gasteiger partial charge in [-0.3, -0.25) is 0 Å². The van der Waals surface area contributed by atoms with E-state index < -0.39 is 0 Å². The van der Waals surface area contributed by atoms with Gasteiger partial charge in [0.1, 0.15) is 0 Å². The van der Waals surface area contributed by atoms with E-state index in [1.54, 1.807) is 12.1 Å². The van der Waals surface area contributed by atoms with Gasteiger partial charge in [0.25, 0.3) is 0 Å². The zero-order valence-corrected chi connectivity index (χ0v) is 7.57. The zero-order valence-electron chi connectivity index (χ0n) is 7.57. The Morgan fingerprint density at radius 2 is 1.85 bits per heavy atom. The smallest absolute Gasteiger partial charge is 0.335 e. The van der Waals surface area contributed by atoms with Gasteiger partial charge in [0.15, 0.2) is 0 Å². The maximum Gasteiger partial charge on any atom is 0.335 e. The summed E-state index contributed by atoms with van der Waals surface area (Å²) in [5.74, 6) is 0. The number of hydrogen-bond donors (Lipinski definition) is 0. The Morgan fingerprint density at radius 3 is 2.08 bits per heavy atom. The number of rotatable bonds is 0. The minimum Gasteiger partial charge on any atom is -0.431 e. The van der Waals surface area contributed by atoms with E-state index in [9.17, 15) is 4.79 Å². The Balaban J connectivity index is 0.000000132. The molecule has 0 saturated carbocycles. The van der Waals surface area contributed by atoms with Gasteiger partial charge in [-0.25, -0.2) is 4.79 Å². The maximum absolute atomic E-state index is 10.1. The van der Waals surface area contributed by atoms with Crippen molar-refractivity contribution in [1.29, 1.82) is 0 Å². The molecule has 1 aromatic heterocycles. The molecule has 0 atom stereocenters. The molecule has 0 bridgehead atoms. The summed E-state index contributed by atoms with van der Waals surface area (Å²) >= 11 is 0. The second-order valence-electron chi connectivity index (χ2n) is 2.80. The molecular weight excluding hydrogens is 168 g/mol. The Morgan fingerprint density at radius 1 is 1.08 bits per heavy atom. The van der Waals surface area contributed by atoms with Crippen molar-refractivity contribution in [3.63, 3.8) is 0 Å². The van der Waals surface area contributed by atoms with Crippen LogP contribution in [0.1, 0.15) is 19.3 Å². The van der Waals surface area contributed by atoms with Crippen molar-refractivity contribution in [3.05, 3.63) is 34.9 Å². The fourth-order valence-electron chi connectivity index (χ4n) is 1.01. The van der Waals surface area contributed by atoms with Crippen LogP contribution in [0.4, 0.5) is 0 Å². The molecule has 1 aliphatic rings. The quantitative estimate of drug-likeness (QED) is 0.614. The second kappa shape index (κ2) is 6.43. The first-order valence-electron chi connectivity index (χ1n) is 4.51. The Kier molecular flexibility index (Phi) is 4.94. The van der Waals surface area contributed by atoms with Gasteiger partial charge in [0.05, 0.1) is 6.26 Å². The van der Waals surface area contributed by atoms with Crippen LogP contribution in [0, 0.1) is 0 Å². The van der Waals surface area contributed by atoms with E-state index in [0.717, 1.165) is 13.2 Å². The first-order valence-corrected chi connectivity index (χ1v) is 4.51. The maximum atomic E-state index is 10.1. The van der Waals surface area contributed by atoms with E-state index in [4.69, 9.17) is 4.74 Å². The average molecular weight is 182 g/mol. The van der Waals surface area contributed by atoms with Gasteiger partial charge in [-0.1, -0.05) is 6.07 Å². The van der Waals surface area contributed by atoms with E-state index in [1.807, 2.05) is 0 Å². The van der Waals surface area contributed by atoms with Crippen molar-refractivity contribution in [2.45, 2.75) is 19.3 Å². The number of hydrogen-bond acceptors (Lipinski definition) is 3. The van der Waals surface area contributed by atoms with Crippen molar-refractivity contribution in [1.82, 2.24) is 0 Å². The lowest BCUT2D eigenvalue weighted by molar-refractivity contribution is 0.0968. The summed E-state index contributed by atoms with van der Waals surface area (Å²) in [5, 5.41) is 0. The molecule has 2 rings (SSSR count). The summed E-state index contributed by atoms with van der Waals surface area (Å²) in [4.78, 5) is 10.1. The highest BCUT2D eigenvalue weighted by molar-refractivity contribution is 4.85. The summed E-state index contributed by atoms with van der Waals surface area (Å²) in [6, 6.07) is 4.65. The first kappa shape index (κ1) is 9.99. The normalized spacial score (nSPS) is 15.7. The first-order chi connectivity index (χ1) is 6.39. The van der Waals surface area contributed by atoms with E-state index in [-0.39, 0.29) is 5.63 Å². The van der Waals surface area contributed by atoms with E-state index in [1.165, 1.54) is 31.6 Å². The molecule has 0 radical (unpaired) electrons. The molecule has 13 heavy (non-hydrogen) atoms. The monoisotopic (exact) mass is 182 g/mol. The van der Waals surface area contributed by atoms with Crippen LogP contribution in [-0.4, -0.2) is 13.2 Å². The van der Waals surface area contributed by atoms with Gasteiger partial charge < -0.3 is 9.15 Å². The molecule has 1 fully saturated rings.